The molecular weight excluding hydrogens is 349 g/mol. The SMILES string of the molecule is Cc1nn(CC(F)(F)F)c(C)c1C(C)NC(=O)c1n[nH]c2c1CNCC2. The number of aromatic amines is 1. The Balaban J connectivity index is 1.79. The van der Waals surface area contributed by atoms with Crippen molar-refractivity contribution >= 4 is 5.91 Å². The number of carbonyl (C=O) groups excluding carboxylic acids is 1. The maximum atomic E-state index is 12.7. The van der Waals surface area contributed by atoms with Crippen LogP contribution < -0.4 is 10.6 Å². The van der Waals surface area contributed by atoms with Gasteiger partial charge in [-0.3, -0.25) is 14.6 Å². The number of nitrogens with one attached hydrogen (secondary N) is 3. The number of H-pyrrole nitrogens is 1. The number of hydrogen-bond acceptors (Lipinski definition) is 4. The van der Waals surface area contributed by atoms with Gasteiger partial charge in [0.1, 0.15) is 6.54 Å². The van der Waals surface area contributed by atoms with Gasteiger partial charge >= 0.3 is 6.18 Å². The van der Waals surface area contributed by atoms with Gasteiger partial charge < -0.3 is 10.6 Å². The topological polar surface area (TPSA) is 87.6 Å². The summed E-state index contributed by atoms with van der Waals surface area (Å²) in [5, 5.41) is 17.0. The van der Waals surface area contributed by atoms with Gasteiger partial charge in [-0.05, 0) is 20.8 Å². The summed E-state index contributed by atoms with van der Waals surface area (Å²) in [4.78, 5) is 12.6. The first-order valence-corrected chi connectivity index (χ1v) is 8.35. The quantitative estimate of drug-likeness (QED) is 0.767. The number of amides is 1. The highest BCUT2D eigenvalue weighted by molar-refractivity contribution is 5.94. The fourth-order valence-electron chi connectivity index (χ4n) is 3.41. The van der Waals surface area contributed by atoms with E-state index in [1.54, 1.807) is 20.8 Å². The highest BCUT2D eigenvalue weighted by Crippen LogP contribution is 2.25. The lowest BCUT2D eigenvalue weighted by atomic mass is 10.0. The highest BCUT2D eigenvalue weighted by atomic mass is 19.4. The molecule has 3 heterocycles. The van der Waals surface area contributed by atoms with Crippen LogP contribution in [0, 0.1) is 13.8 Å². The molecule has 3 N–H and O–H groups in total. The van der Waals surface area contributed by atoms with Gasteiger partial charge in [0.05, 0.1) is 11.7 Å². The van der Waals surface area contributed by atoms with E-state index < -0.39 is 18.8 Å². The Morgan fingerprint density at radius 2 is 2.12 bits per heavy atom. The molecule has 1 aliphatic heterocycles. The van der Waals surface area contributed by atoms with Crippen molar-refractivity contribution in [2.75, 3.05) is 6.54 Å². The van der Waals surface area contributed by atoms with Gasteiger partial charge in [0.25, 0.3) is 5.91 Å². The molecule has 26 heavy (non-hydrogen) atoms. The number of carbonyl (C=O) groups is 1. The van der Waals surface area contributed by atoms with Gasteiger partial charge in [-0.15, -0.1) is 0 Å². The van der Waals surface area contributed by atoms with Crippen LogP contribution >= 0.6 is 0 Å². The summed E-state index contributed by atoms with van der Waals surface area (Å²) in [6, 6.07) is -0.492. The molecule has 0 spiro atoms. The van der Waals surface area contributed by atoms with E-state index in [4.69, 9.17) is 0 Å². The fraction of sp³-hybridized carbons (Fsp3) is 0.562. The lowest BCUT2D eigenvalue weighted by Gasteiger charge is -2.16. The monoisotopic (exact) mass is 370 g/mol. The molecule has 7 nitrogen and oxygen atoms in total. The zero-order valence-electron chi connectivity index (χ0n) is 14.8. The number of rotatable bonds is 4. The Morgan fingerprint density at radius 1 is 1.38 bits per heavy atom. The molecule has 2 aromatic rings. The molecule has 0 saturated carbocycles. The smallest absolute Gasteiger partial charge is 0.344 e. The molecule has 1 amide bonds. The minimum absolute atomic E-state index is 0.317. The van der Waals surface area contributed by atoms with E-state index in [1.165, 1.54) is 0 Å². The minimum atomic E-state index is -4.35. The standard InChI is InChI=1S/C16H21F3N6O/c1-8(13-9(2)24-25(10(13)3)7-16(17,18)19)21-15(26)14-11-6-20-5-4-12(11)22-23-14/h8,20H,4-7H2,1-3H3,(H,21,26)(H,22,23). The summed E-state index contributed by atoms with van der Waals surface area (Å²) in [5.74, 6) is -0.360. The third-order valence-electron chi connectivity index (χ3n) is 4.57. The summed E-state index contributed by atoms with van der Waals surface area (Å²) < 4.78 is 38.9. The van der Waals surface area contributed by atoms with Crippen molar-refractivity contribution in [3.63, 3.8) is 0 Å². The molecule has 2 aromatic heterocycles. The van der Waals surface area contributed by atoms with Crippen LogP contribution in [0.1, 0.15) is 51.7 Å². The molecule has 0 saturated heterocycles. The number of nitrogens with zero attached hydrogens (tertiary/aromatic N) is 3. The zero-order chi connectivity index (χ0) is 19.1. The average Bonchev–Trinajstić information content (AvgIpc) is 3.07. The van der Waals surface area contributed by atoms with E-state index in [0.717, 1.165) is 28.9 Å². The summed E-state index contributed by atoms with van der Waals surface area (Å²) >= 11 is 0. The molecule has 1 aliphatic rings. The van der Waals surface area contributed by atoms with Crippen molar-refractivity contribution in [2.45, 2.75) is 52.5 Å². The van der Waals surface area contributed by atoms with E-state index in [-0.39, 0.29) is 5.91 Å². The predicted molar refractivity (Wildman–Crippen MR) is 87.6 cm³/mol. The van der Waals surface area contributed by atoms with Gasteiger partial charge in [-0.1, -0.05) is 0 Å². The lowest BCUT2D eigenvalue weighted by Crippen LogP contribution is -2.30. The summed E-state index contributed by atoms with van der Waals surface area (Å²) in [6.45, 7) is 5.17. The van der Waals surface area contributed by atoms with Crippen LogP contribution in [0.15, 0.2) is 0 Å². The third kappa shape index (κ3) is 3.59. The zero-order valence-corrected chi connectivity index (χ0v) is 14.8. The van der Waals surface area contributed by atoms with Gasteiger partial charge in [-0.25, -0.2) is 0 Å². The number of aryl methyl sites for hydroxylation is 1. The van der Waals surface area contributed by atoms with Gasteiger partial charge in [0.2, 0.25) is 0 Å². The molecule has 0 fully saturated rings. The van der Waals surface area contributed by atoms with Gasteiger partial charge in [0.15, 0.2) is 5.69 Å². The molecule has 1 unspecified atom stereocenters. The Morgan fingerprint density at radius 3 is 2.81 bits per heavy atom. The van der Waals surface area contributed by atoms with Crippen LogP contribution in [0.2, 0.25) is 0 Å². The molecule has 1 atom stereocenters. The molecule has 0 aromatic carbocycles. The third-order valence-corrected chi connectivity index (χ3v) is 4.57. The molecule has 3 rings (SSSR count). The Kier molecular flexibility index (Phi) is 4.78. The van der Waals surface area contributed by atoms with Crippen molar-refractivity contribution in [1.29, 1.82) is 0 Å². The van der Waals surface area contributed by atoms with Crippen molar-refractivity contribution in [2.24, 2.45) is 0 Å². The second-order valence-electron chi connectivity index (χ2n) is 6.51. The number of halogens is 3. The van der Waals surface area contributed by atoms with Crippen LogP contribution in [0.4, 0.5) is 13.2 Å². The van der Waals surface area contributed by atoms with E-state index in [0.29, 0.717) is 29.2 Å². The molecule has 0 aliphatic carbocycles. The predicted octanol–water partition coefficient (Wildman–Crippen LogP) is 1.92. The first-order valence-electron chi connectivity index (χ1n) is 8.35. The van der Waals surface area contributed by atoms with E-state index in [9.17, 15) is 18.0 Å². The van der Waals surface area contributed by atoms with E-state index >= 15 is 0 Å². The second kappa shape index (κ2) is 6.75. The largest absolute Gasteiger partial charge is 0.408 e. The second-order valence-corrected chi connectivity index (χ2v) is 6.51. The normalized spacial score (nSPS) is 15.6. The van der Waals surface area contributed by atoms with Crippen LogP contribution in [0.3, 0.4) is 0 Å². The number of fused-ring (bicyclic) bond motifs is 1. The van der Waals surface area contributed by atoms with Crippen molar-refractivity contribution in [3.05, 3.63) is 33.9 Å². The lowest BCUT2D eigenvalue weighted by molar-refractivity contribution is -0.143. The maximum Gasteiger partial charge on any atom is 0.408 e. The molecule has 142 valence electrons. The molecule has 0 bridgehead atoms. The number of aromatic nitrogens is 4. The summed E-state index contributed by atoms with van der Waals surface area (Å²) in [7, 11) is 0. The highest BCUT2D eigenvalue weighted by Gasteiger charge is 2.31. The van der Waals surface area contributed by atoms with Crippen molar-refractivity contribution < 1.29 is 18.0 Å². The fourth-order valence-corrected chi connectivity index (χ4v) is 3.41. The Labute approximate surface area is 148 Å². The Hall–Kier alpha value is -2.36. The number of hydrogen-bond donors (Lipinski definition) is 3. The van der Waals surface area contributed by atoms with Crippen molar-refractivity contribution in [3.8, 4) is 0 Å². The van der Waals surface area contributed by atoms with Crippen molar-refractivity contribution in [1.82, 2.24) is 30.6 Å². The number of alkyl halides is 3. The maximum absolute atomic E-state index is 12.7. The molecular formula is C16H21F3N6O. The average molecular weight is 370 g/mol. The van der Waals surface area contributed by atoms with Gasteiger partial charge in [0, 0.05) is 42.0 Å². The summed E-state index contributed by atoms with van der Waals surface area (Å²) in [5.41, 5.74) is 3.53. The minimum Gasteiger partial charge on any atom is -0.344 e. The first-order chi connectivity index (χ1) is 12.2. The van der Waals surface area contributed by atoms with Crippen LogP contribution in [0.25, 0.3) is 0 Å². The van der Waals surface area contributed by atoms with Crippen LogP contribution in [-0.4, -0.2) is 38.6 Å². The van der Waals surface area contributed by atoms with E-state index in [2.05, 4.69) is 25.9 Å². The molecule has 0 radical (unpaired) electrons. The molecule has 10 heteroatoms. The van der Waals surface area contributed by atoms with Crippen LogP contribution in [0.5, 0.6) is 0 Å². The van der Waals surface area contributed by atoms with Gasteiger partial charge in [-0.2, -0.15) is 23.4 Å². The summed E-state index contributed by atoms with van der Waals surface area (Å²) in [6.07, 6.45) is -3.58. The Bertz CT molecular complexity index is 823. The van der Waals surface area contributed by atoms with E-state index in [1.807, 2.05) is 0 Å². The van der Waals surface area contributed by atoms with Crippen LogP contribution in [-0.2, 0) is 19.5 Å². The first kappa shape index (κ1) is 18.4.